The van der Waals surface area contributed by atoms with Crippen LogP contribution in [0.15, 0.2) is 6.20 Å². The summed E-state index contributed by atoms with van der Waals surface area (Å²) in [5, 5.41) is 3.02. The minimum absolute atomic E-state index is 0.0368. The topological polar surface area (TPSA) is 87.7 Å². The van der Waals surface area contributed by atoms with Gasteiger partial charge in [0.1, 0.15) is 0 Å². The maximum Gasteiger partial charge on any atom is 0.434 e. The highest BCUT2D eigenvalue weighted by atomic mass is 19.4. The van der Waals surface area contributed by atoms with E-state index in [2.05, 4.69) is 15.3 Å². The highest BCUT2D eigenvalue weighted by Gasteiger charge is 2.41. The smallest absolute Gasteiger partial charge is 0.378 e. The quantitative estimate of drug-likeness (QED) is 0.775. The normalized spacial score (nSPS) is 26.5. The summed E-state index contributed by atoms with van der Waals surface area (Å²) < 4.78 is 46.3. The molecular formula is C20H26F3N5O3. The van der Waals surface area contributed by atoms with Gasteiger partial charge in [0.25, 0.3) is 5.91 Å². The number of amides is 2. The molecule has 170 valence electrons. The molecule has 31 heavy (non-hydrogen) atoms. The van der Waals surface area contributed by atoms with Gasteiger partial charge in [0.05, 0.1) is 18.8 Å². The Bertz CT molecular complexity index is 830. The van der Waals surface area contributed by atoms with Crippen LogP contribution < -0.4 is 5.32 Å². The van der Waals surface area contributed by atoms with Crippen molar-refractivity contribution in [2.24, 2.45) is 0 Å². The Labute approximate surface area is 178 Å². The van der Waals surface area contributed by atoms with Crippen LogP contribution in [-0.4, -0.2) is 76.0 Å². The Hall–Kier alpha value is -2.43. The molecule has 1 unspecified atom stereocenters. The molecule has 0 saturated carbocycles. The van der Waals surface area contributed by atoms with Crippen molar-refractivity contribution in [3.05, 3.63) is 17.5 Å². The lowest BCUT2D eigenvalue weighted by Crippen LogP contribution is -2.56. The van der Waals surface area contributed by atoms with E-state index >= 15 is 0 Å². The molecule has 0 spiro atoms. The number of halogens is 3. The molecule has 1 N–H and O–H groups in total. The number of nitrogens with one attached hydrogen (secondary N) is 1. The van der Waals surface area contributed by atoms with E-state index in [1.807, 2.05) is 4.90 Å². The third kappa shape index (κ3) is 4.60. The summed E-state index contributed by atoms with van der Waals surface area (Å²) in [6.45, 7) is 2.59. The summed E-state index contributed by atoms with van der Waals surface area (Å²) in [4.78, 5) is 35.6. The van der Waals surface area contributed by atoms with Crippen LogP contribution in [0, 0.1) is 0 Å². The van der Waals surface area contributed by atoms with Gasteiger partial charge in [-0.2, -0.15) is 13.2 Å². The highest BCUT2D eigenvalue weighted by molar-refractivity contribution is 5.95. The van der Waals surface area contributed by atoms with E-state index in [1.54, 1.807) is 6.92 Å². The van der Waals surface area contributed by atoms with E-state index in [4.69, 9.17) is 4.74 Å². The standard InChI is InChI=1S/C20H26F3N5O3/c1-12(29)28-14-3-2-4-15(28)10-13(9-14)25-19-24-11-16(17(26-19)20(21,22)23)18(30)27-5-7-31-8-6-27/h11,13-15H,2-10H2,1H3,(H,24,25,26)/t13?,14-,15+. The molecule has 4 rings (SSSR count). The van der Waals surface area contributed by atoms with Crippen molar-refractivity contribution in [3.63, 3.8) is 0 Å². The molecule has 3 saturated heterocycles. The van der Waals surface area contributed by atoms with E-state index in [-0.39, 0.29) is 56.3 Å². The molecule has 8 nitrogen and oxygen atoms in total. The summed E-state index contributed by atoms with van der Waals surface area (Å²) in [6.07, 6.45) is 0.252. The average Bonchev–Trinajstić information content (AvgIpc) is 2.72. The predicted molar refractivity (Wildman–Crippen MR) is 104 cm³/mol. The number of anilines is 1. The number of alkyl halides is 3. The number of rotatable bonds is 3. The van der Waals surface area contributed by atoms with Crippen molar-refractivity contribution in [2.75, 3.05) is 31.6 Å². The molecular weight excluding hydrogens is 415 g/mol. The van der Waals surface area contributed by atoms with Crippen LogP contribution in [-0.2, 0) is 15.7 Å². The number of hydrogen-bond acceptors (Lipinski definition) is 6. The zero-order valence-electron chi connectivity index (χ0n) is 17.3. The first-order valence-corrected chi connectivity index (χ1v) is 10.6. The van der Waals surface area contributed by atoms with Crippen molar-refractivity contribution in [3.8, 4) is 0 Å². The molecule has 2 bridgehead atoms. The van der Waals surface area contributed by atoms with Gasteiger partial charge in [0.2, 0.25) is 11.9 Å². The molecule has 3 atom stereocenters. The first kappa shape index (κ1) is 21.8. The van der Waals surface area contributed by atoms with Crippen LogP contribution in [0.5, 0.6) is 0 Å². The summed E-state index contributed by atoms with van der Waals surface area (Å²) in [5.74, 6) is -0.855. The van der Waals surface area contributed by atoms with E-state index in [0.29, 0.717) is 12.8 Å². The van der Waals surface area contributed by atoms with Gasteiger partial charge in [-0.05, 0) is 32.1 Å². The molecule has 3 aliphatic heterocycles. The van der Waals surface area contributed by atoms with Crippen molar-refractivity contribution in [1.29, 1.82) is 0 Å². The van der Waals surface area contributed by atoms with Crippen molar-refractivity contribution in [2.45, 2.75) is 63.3 Å². The molecule has 0 aromatic carbocycles. The third-order valence-electron chi connectivity index (χ3n) is 6.26. The number of aromatic nitrogens is 2. The van der Waals surface area contributed by atoms with E-state index in [1.165, 1.54) is 4.90 Å². The third-order valence-corrected chi connectivity index (χ3v) is 6.26. The molecule has 1 aromatic rings. The lowest BCUT2D eigenvalue weighted by molar-refractivity contribution is -0.142. The van der Waals surface area contributed by atoms with Crippen LogP contribution in [0.4, 0.5) is 19.1 Å². The van der Waals surface area contributed by atoms with Gasteiger partial charge in [-0.1, -0.05) is 0 Å². The van der Waals surface area contributed by atoms with Gasteiger partial charge in [0.15, 0.2) is 5.69 Å². The highest BCUT2D eigenvalue weighted by Crippen LogP contribution is 2.36. The fourth-order valence-corrected chi connectivity index (χ4v) is 4.96. The van der Waals surface area contributed by atoms with E-state index < -0.39 is 23.3 Å². The van der Waals surface area contributed by atoms with E-state index in [0.717, 1.165) is 25.5 Å². The van der Waals surface area contributed by atoms with Crippen LogP contribution in [0.1, 0.15) is 55.1 Å². The van der Waals surface area contributed by atoms with Gasteiger partial charge >= 0.3 is 6.18 Å². The number of ether oxygens (including phenoxy) is 1. The summed E-state index contributed by atoms with van der Waals surface area (Å²) in [7, 11) is 0. The fraction of sp³-hybridized carbons (Fsp3) is 0.700. The number of fused-ring (bicyclic) bond motifs is 2. The Balaban J connectivity index is 1.53. The average molecular weight is 441 g/mol. The van der Waals surface area contributed by atoms with E-state index in [9.17, 15) is 22.8 Å². The molecule has 3 aliphatic rings. The number of hydrogen-bond donors (Lipinski definition) is 1. The number of piperidine rings is 2. The summed E-state index contributed by atoms with van der Waals surface area (Å²) in [5.41, 5.74) is -1.79. The van der Waals surface area contributed by atoms with Gasteiger partial charge in [-0.15, -0.1) is 0 Å². The minimum Gasteiger partial charge on any atom is -0.378 e. The lowest BCUT2D eigenvalue weighted by atomic mass is 9.81. The first-order chi connectivity index (χ1) is 14.7. The van der Waals surface area contributed by atoms with Gasteiger partial charge in [-0.25, -0.2) is 9.97 Å². The molecule has 4 heterocycles. The number of carbonyl (C=O) groups excluding carboxylic acids is 2. The second-order valence-electron chi connectivity index (χ2n) is 8.34. The summed E-state index contributed by atoms with van der Waals surface area (Å²) >= 11 is 0. The van der Waals surface area contributed by atoms with Gasteiger partial charge in [0, 0.05) is 44.3 Å². The largest absolute Gasteiger partial charge is 0.434 e. The Morgan fingerprint density at radius 2 is 1.81 bits per heavy atom. The van der Waals surface area contributed by atoms with Crippen LogP contribution in [0.25, 0.3) is 0 Å². The zero-order chi connectivity index (χ0) is 22.2. The molecule has 1 aromatic heterocycles. The van der Waals surface area contributed by atoms with Crippen molar-refractivity contribution in [1.82, 2.24) is 19.8 Å². The zero-order valence-corrected chi connectivity index (χ0v) is 17.3. The molecule has 0 aliphatic carbocycles. The van der Waals surface area contributed by atoms with Crippen molar-refractivity contribution < 1.29 is 27.5 Å². The SMILES string of the molecule is CC(=O)N1[C@@H]2CCC[C@H]1CC(Nc1ncc(C(=O)N3CCOCC3)c(C(F)(F)F)n1)C2. The van der Waals surface area contributed by atoms with Crippen LogP contribution in [0.2, 0.25) is 0 Å². The molecule has 11 heteroatoms. The fourth-order valence-electron chi connectivity index (χ4n) is 4.96. The number of nitrogens with zero attached hydrogens (tertiary/aromatic N) is 4. The maximum absolute atomic E-state index is 13.7. The second-order valence-corrected chi connectivity index (χ2v) is 8.34. The molecule has 3 fully saturated rings. The van der Waals surface area contributed by atoms with Gasteiger partial charge in [-0.3, -0.25) is 9.59 Å². The molecule has 0 radical (unpaired) electrons. The first-order valence-electron chi connectivity index (χ1n) is 10.6. The van der Waals surface area contributed by atoms with Crippen LogP contribution in [0.3, 0.4) is 0 Å². The van der Waals surface area contributed by atoms with Crippen molar-refractivity contribution >= 4 is 17.8 Å². The number of carbonyl (C=O) groups is 2. The Morgan fingerprint density at radius 1 is 1.16 bits per heavy atom. The lowest BCUT2D eigenvalue weighted by Gasteiger charge is -2.48. The second kappa shape index (κ2) is 8.60. The van der Waals surface area contributed by atoms with Crippen LogP contribution >= 0.6 is 0 Å². The summed E-state index contributed by atoms with van der Waals surface area (Å²) in [6, 6.07) is 0.0197. The maximum atomic E-state index is 13.7. The monoisotopic (exact) mass is 441 g/mol. The number of morpholine rings is 1. The minimum atomic E-state index is -4.79. The Morgan fingerprint density at radius 3 is 2.39 bits per heavy atom. The predicted octanol–water partition coefficient (Wildman–Crippen LogP) is 2.31. The van der Waals surface area contributed by atoms with Gasteiger partial charge < -0.3 is 19.9 Å². The molecule has 2 amide bonds. The Kier molecular flexibility index (Phi) is 6.05.